The first-order valence-corrected chi connectivity index (χ1v) is 4.01. The van der Waals surface area contributed by atoms with Crippen LogP contribution in [0.5, 0.6) is 0 Å². The van der Waals surface area contributed by atoms with Gasteiger partial charge in [-0.05, 0) is 19.3 Å². The lowest BCUT2D eigenvalue weighted by Crippen LogP contribution is -2.31. The van der Waals surface area contributed by atoms with Crippen molar-refractivity contribution >= 4 is 0 Å². The highest BCUT2D eigenvalue weighted by Crippen LogP contribution is 2.17. The lowest BCUT2D eigenvalue weighted by molar-refractivity contribution is -0.00655. The Bertz CT molecular complexity index is 105. The smallest absolute Gasteiger partial charge is 0.107 e. The summed E-state index contributed by atoms with van der Waals surface area (Å²) in [6.45, 7) is 6.81. The number of nitrogens with zero attached hydrogens (tertiary/aromatic N) is 1. The quantitative estimate of drug-likeness (QED) is 0.578. The maximum absolute atomic E-state index is 5.21. The van der Waals surface area contributed by atoms with Gasteiger partial charge in [0, 0.05) is 20.2 Å². The number of hydrogen-bond donors (Lipinski definition) is 0. The molecule has 0 amide bonds. The molecule has 10 heavy (non-hydrogen) atoms. The van der Waals surface area contributed by atoms with Crippen molar-refractivity contribution < 1.29 is 4.74 Å². The van der Waals surface area contributed by atoms with Crippen molar-refractivity contribution in [3.05, 3.63) is 0 Å². The van der Waals surface area contributed by atoms with Gasteiger partial charge in [-0.15, -0.1) is 0 Å². The molecule has 2 nitrogen and oxygen atoms in total. The molecule has 1 aliphatic heterocycles. The number of likely N-dealkylation sites (tertiary alicyclic amines) is 1. The number of hydrogen-bond acceptors (Lipinski definition) is 2. The van der Waals surface area contributed by atoms with Crippen LogP contribution in [-0.4, -0.2) is 31.3 Å². The molecule has 0 spiro atoms. The predicted molar refractivity (Wildman–Crippen MR) is 41.8 cm³/mol. The minimum absolute atomic E-state index is 0.310. The van der Waals surface area contributed by atoms with E-state index in [1.54, 1.807) is 7.11 Å². The van der Waals surface area contributed by atoms with Crippen LogP contribution in [0.4, 0.5) is 0 Å². The highest BCUT2D eigenvalue weighted by Gasteiger charge is 2.22. The van der Waals surface area contributed by atoms with Crippen molar-refractivity contribution in [3.8, 4) is 0 Å². The van der Waals surface area contributed by atoms with Gasteiger partial charge < -0.3 is 4.74 Å². The molecule has 0 radical (unpaired) electrons. The van der Waals surface area contributed by atoms with Gasteiger partial charge in [0.2, 0.25) is 0 Å². The Morgan fingerprint density at radius 1 is 1.60 bits per heavy atom. The Hall–Kier alpha value is -0.0800. The molecule has 0 aromatic heterocycles. The molecule has 1 rings (SSSR count). The summed E-state index contributed by atoms with van der Waals surface area (Å²) < 4.78 is 5.21. The summed E-state index contributed by atoms with van der Waals surface area (Å²) in [7, 11) is 1.77. The first-order valence-electron chi connectivity index (χ1n) is 4.01. The van der Waals surface area contributed by atoms with E-state index in [4.69, 9.17) is 4.74 Å². The van der Waals surface area contributed by atoms with Crippen molar-refractivity contribution in [1.82, 2.24) is 4.90 Å². The van der Waals surface area contributed by atoms with Gasteiger partial charge in [0.1, 0.15) is 6.23 Å². The molecule has 0 bridgehead atoms. The molecule has 1 saturated heterocycles. The molecule has 2 heteroatoms. The van der Waals surface area contributed by atoms with Gasteiger partial charge in [0.25, 0.3) is 0 Å². The summed E-state index contributed by atoms with van der Waals surface area (Å²) in [6, 6.07) is 0. The lowest BCUT2D eigenvalue weighted by atomic mass is 10.2. The van der Waals surface area contributed by atoms with Gasteiger partial charge in [0.05, 0.1) is 0 Å². The second-order valence-corrected chi connectivity index (χ2v) is 3.22. The molecule has 1 heterocycles. The molecule has 0 N–H and O–H groups in total. The van der Waals surface area contributed by atoms with E-state index in [1.165, 1.54) is 19.5 Å². The van der Waals surface area contributed by atoms with Crippen LogP contribution in [0.15, 0.2) is 0 Å². The second-order valence-electron chi connectivity index (χ2n) is 3.22. The SMILES string of the molecule is COC(C)N1CCC(C)C1. The van der Waals surface area contributed by atoms with Crippen LogP contribution in [0.25, 0.3) is 0 Å². The van der Waals surface area contributed by atoms with E-state index in [0.717, 1.165) is 5.92 Å². The monoisotopic (exact) mass is 143 g/mol. The number of rotatable bonds is 2. The van der Waals surface area contributed by atoms with Crippen LogP contribution < -0.4 is 0 Å². The fraction of sp³-hybridized carbons (Fsp3) is 1.00. The van der Waals surface area contributed by atoms with Crippen LogP contribution >= 0.6 is 0 Å². The molecule has 2 unspecified atom stereocenters. The van der Waals surface area contributed by atoms with Gasteiger partial charge in [-0.25, -0.2) is 0 Å². The highest BCUT2D eigenvalue weighted by atomic mass is 16.5. The van der Waals surface area contributed by atoms with E-state index in [0.29, 0.717) is 6.23 Å². The third-order valence-electron chi connectivity index (χ3n) is 2.31. The summed E-state index contributed by atoms with van der Waals surface area (Å²) in [5, 5.41) is 0. The Kier molecular flexibility index (Phi) is 2.69. The first kappa shape index (κ1) is 8.02. The highest BCUT2D eigenvalue weighted by molar-refractivity contribution is 4.72. The summed E-state index contributed by atoms with van der Waals surface area (Å²) >= 11 is 0. The Morgan fingerprint density at radius 2 is 2.30 bits per heavy atom. The Balaban J connectivity index is 2.29. The summed E-state index contributed by atoms with van der Waals surface area (Å²) in [5.41, 5.74) is 0. The first-order chi connectivity index (χ1) is 4.74. The summed E-state index contributed by atoms with van der Waals surface area (Å²) in [4.78, 5) is 2.38. The van der Waals surface area contributed by atoms with Crippen LogP contribution in [-0.2, 0) is 4.74 Å². The zero-order chi connectivity index (χ0) is 7.56. The van der Waals surface area contributed by atoms with Crippen LogP contribution in [0.1, 0.15) is 20.3 Å². The van der Waals surface area contributed by atoms with E-state index >= 15 is 0 Å². The zero-order valence-corrected chi connectivity index (χ0v) is 7.13. The van der Waals surface area contributed by atoms with Crippen molar-refractivity contribution in [2.45, 2.75) is 26.5 Å². The van der Waals surface area contributed by atoms with Gasteiger partial charge >= 0.3 is 0 Å². The number of methoxy groups -OCH3 is 1. The maximum atomic E-state index is 5.21. The minimum Gasteiger partial charge on any atom is -0.367 e. The van der Waals surface area contributed by atoms with Crippen LogP contribution in [0.3, 0.4) is 0 Å². The number of ether oxygens (including phenoxy) is 1. The molecular formula is C8H17NO. The summed E-state index contributed by atoms with van der Waals surface area (Å²) in [6.07, 6.45) is 1.64. The normalized spacial score (nSPS) is 30.9. The van der Waals surface area contributed by atoms with Crippen molar-refractivity contribution in [1.29, 1.82) is 0 Å². The molecule has 60 valence electrons. The molecule has 1 aliphatic rings. The third kappa shape index (κ3) is 1.70. The lowest BCUT2D eigenvalue weighted by Gasteiger charge is -2.21. The van der Waals surface area contributed by atoms with Crippen molar-refractivity contribution in [2.24, 2.45) is 5.92 Å². The Labute approximate surface area is 63.2 Å². The average Bonchev–Trinajstić information content (AvgIpc) is 2.34. The fourth-order valence-electron chi connectivity index (χ4n) is 1.45. The largest absolute Gasteiger partial charge is 0.367 e. The average molecular weight is 143 g/mol. The van der Waals surface area contributed by atoms with Gasteiger partial charge in [-0.3, -0.25) is 4.90 Å². The fourth-order valence-corrected chi connectivity index (χ4v) is 1.45. The molecule has 2 atom stereocenters. The van der Waals surface area contributed by atoms with E-state index in [9.17, 15) is 0 Å². The standard InChI is InChI=1S/C8H17NO/c1-7-4-5-9(6-7)8(2)10-3/h7-8H,4-6H2,1-3H3. The molecule has 0 aromatic carbocycles. The molecule has 0 aliphatic carbocycles. The van der Waals surface area contributed by atoms with Gasteiger partial charge in [0.15, 0.2) is 0 Å². The molecule has 0 aromatic rings. The van der Waals surface area contributed by atoms with Crippen molar-refractivity contribution in [2.75, 3.05) is 20.2 Å². The van der Waals surface area contributed by atoms with Gasteiger partial charge in [-0.1, -0.05) is 6.92 Å². The van der Waals surface area contributed by atoms with Crippen LogP contribution in [0, 0.1) is 5.92 Å². The predicted octanol–water partition coefficient (Wildman–Crippen LogP) is 1.32. The molecule has 1 fully saturated rings. The van der Waals surface area contributed by atoms with E-state index in [-0.39, 0.29) is 0 Å². The Morgan fingerprint density at radius 3 is 2.70 bits per heavy atom. The van der Waals surface area contributed by atoms with Crippen molar-refractivity contribution in [3.63, 3.8) is 0 Å². The third-order valence-corrected chi connectivity index (χ3v) is 2.31. The minimum atomic E-state index is 0.310. The summed E-state index contributed by atoms with van der Waals surface area (Å²) in [5.74, 6) is 0.859. The van der Waals surface area contributed by atoms with Crippen LogP contribution in [0.2, 0.25) is 0 Å². The van der Waals surface area contributed by atoms with E-state index in [1.807, 2.05) is 0 Å². The van der Waals surface area contributed by atoms with Gasteiger partial charge in [-0.2, -0.15) is 0 Å². The van der Waals surface area contributed by atoms with E-state index < -0.39 is 0 Å². The zero-order valence-electron chi connectivity index (χ0n) is 7.13. The topological polar surface area (TPSA) is 12.5 Å². The molecule has 0 saturated carbocycles. The maximum Gasteiger partial charge on any atom is 0.107 e. The molecular weight excluding hydrogens is 126 g/mol. The second kappa shape index (κ2) is 3.35. The van der Waals surface area contributed by atoms with E-state index in [2.05, 4.69) is 18.7 Å².